The number of amides is 2. The van der Waals surface area contributed by atoms with Crippen molar-refractivity contribution in [3.8, 4) is 0 Å². The Morgan fingerprint density at radius 1 is 1.53 bits per heavy atom. The highest BCUT2D eigenvalue weighted by Gasteiger charge is 2.30. The van der Waals surface area contributed by atoms with Crippen LogP contribution in [-0.2, 0) is 9.59 Å². The molecule has 1 heterocycles. The van der Waals surface area contributed by atoms with Gasteiger partial charge in [0.25, 0.3) is 5.91 Å². The number of carbonyl (C=O) groups excluding carboxylic acids is 2. The van der Waals surface area contributed by atoms with Crippen molar-refractivity contribution in [1.29, 1.82) is 0 Å². The number of carbonyl (C=O) groups is 2. The molecular weight excluding hydrogens is 268 g/mol. The summed E-state index contributed by atoms with van der Waals surface area (Å²) in [6, 6.07) is 7.08. The van der Waals surface area contributed by atoms with Crippen molar-refractivity contribution in [3.05, 3.63) is 34.9 Å². The number of halogens is 1. The molecular formula is C12H11ClN4O2. The molecule has 0 fully saturated rings. The van der Waals surface area contributed by atoms with Crippen molar-refractivity contribution < 1.29 is 9.59 Å². The minimum atomic E-state index is -0.574. The maximum absolute atomic E-state index is 11.7. The molecule has 0 saturated heterocycles. The molecule has 1 unspecified atom stereocenters. The van der Waals surface area contributed by atoms with Crippen LogP contribution in [0.4, 0.5) is 0 Å². The average molecular weight is 279 g/mol. The Hall–Kier alpha value is -2.21. The van der Waals surface area contributed by atoms with Gasteiger partial charge < -0.3 is 0 Å². The van der Waals surface area contributed by atoms with E-state index in [9.17, 15) is 9.59 Å². The summed E-state index contributed by atoms with van der Waals surface area (Å²) in [4.78, 5) is 22.9. The second-order valence-electron chi connectivity index (χ2n) is 3.92. The summed E-state index contributed by atoms with van der Waals surface area (Å²) in [6.07, 6.45) is 1.43. The summed E-state index contributed by atoms with van der Waals surface area (Å²) in [5.41, 5.74) is 5.33. The first-order valence-electron chi connectivity index (χ1n) is 5.55. The predicted molar refractivity (Wildman–Crippen MR) is 71.9 cm³/mol. The van der Waals surface area contributed by atoms with E-state index < -0.39 is 11.8 Å². The third-order valence-electron chi connectivity index (χ3n) is 2.60. The smallest absolute Gasteiger partial charge is 0.272 e. The van der Waals surface area contributed by atoms with Gasteiger partial charge in [-0.25, -0.2) is 10.9 Å². The van der Waals surface area contributed by atoms with Gasteiger partial charge in [-0.2, -0.15) is 10.2 Å². The first-order valence-corrected chi connectivity index (χ1v) is 5.92. The van der Waals surface area contributed by atoms with E-state index in [1.54, 1.807) is 31.2 Å². The monoisotopic (exact) mass is 278 g/mol. The summed E-state index contributed by atoms with van der Waals surface area (Å²) in [7, 11) is 0. The van der Waals surface area contributed by atoms with Gasteiger partial charge in [0.1, 0.15) is 5.71 Å². The van der Waals surface area contributed by atoms with Gasteiger partial charge in [-0.05, 0) is 13.0 Å². The molecule has 6 nitrogen and oxygen atoms in total. The number of nitrogens with one attached hydrogen (secondary N) is 2. The number of benzene rings is 1. The van der Waals surface area contributed by atoms with E-state index in [0.717, 1.165) is 0 Å². The fraction of sp³-hybridized carbons (Fsp3) is 0.167. The zero-order valence-electron chi connectivity index (χ0n) is 10.1. The maximum atomic E-state index is 11.7. The van der Waals surface area contributed by atoms with Crippen molar-refractivity contribution in [2.75, 3.05) is 0 Å². The summed E-state index contributed by atoms with van der Waals surface area (Å²) in [5, 5.41) is 7.95. The van der Waals surface area contributed by atoms with Gasteiger partial charge in [-0.1, -0.05) is 29.8 Å². The van der Waals surface area contributed by atoms with E-state index in [-0.39, 0.29) is 11.6 Å². The zero-order chi connectivity index (χ0) is 13.8. The third kappa shape index (κ3) is 2.97. The van der Waals surface area contributed by atoms with Crippen molar-refractivity contribution in [2.24, 2.45) is 16.1 Å². The molecule has 0 radical (unpaired) electrons. The third-order valence-corrected chi connectivity index (χ3v) is 2.94. The van der Waals surface area contributed by atoms with E-state index in [4.69, 9.17) is 11.6 Å². The van der Waals surface area contributed by atoms with Gasteiger partial charge in [0, 0.05) is 10.6 Å². The molecule has 2 N–H and O–H groups in total. The van der Waals surface area contributed by atoms with Crippen molar-refractivity contribution in [3.63, 3.8) is 0 Å². The number of nitrogens with zero attached hydrogens (tertiary/aromatic N) is 2. The molecule has 0 spiro atoms. The fourth-order valence-electron chi connectivity index (χ4n) is 1.48. The van der Waals surface area contributed by atoms with E-state index in [0.29, 0.717) is 10.6 Å². The highest BCUT2D eigenvalue weighted by Crippen LogP contribution is 2.12. The highest BCUT2D eigenvalue weighted by molar-refractivity contribution is 6.44. The molecule has 0 aliphatic carbocycles. The van der Waals surface area contributed by atoms with E-state index in [1.165, 1.54) is 6.21 Å². The van der Waals surface area contributed by atoms with Crippen LogP contribution in [0.2, 0.25) is 5.02 Å². The van der Waals surface area contributed by atoms with Crippen molar-refractivity contribution in [2.45, 2.75) is 6.92 Å². The fourth-order valence-corrected chi connectivity index (χ4v) is 1.66. The topological polar surface area (TPSA) is 82.9 Å². The first kappa shape index (κ1) is 13.2. The Balaban J connectivity index is 1.98. The Kier molecular flexibility index (Phi) is 3.91. The molecule has 1 aromatic rings. The molecule has 1 aliphatic rings. The van der Waals surface area contributed by atoms with Crippen LogP contribution in [0.25, 0.3) is 0 Å². The van der Waals surface area contributed by atoms with E-state index in [2.05, 4.69) is 21.1 Å². The van der Waals surface area contributed by atoms with E-state index >= 15 is 0 Å². The second-order valence-corrected chi connectivity index (χ2v) is 4.32. The molecule has 98 valence electrons. The van der Waals surface area contributed by atoms with Crippen molar-refractivity contribution in [1.82, 2.24) is 10.9 Å². The van der Waals surface area contributed by atoms with E-state index in [1.807, 2.05) is 0 Å². The molecule has 1 aliphatic heterocycles. The second kappa shape index (κ2) is 5.62. The maximum Gasteiger partial charge on any atom is 0.288 e. The van der Waals surface area contributed by atoms with Crippen molar-refractivity contribution >= 4 is 35.3 Å². The Bertz CT molecular complexity index is 583. The lowest BCUT2D eigenvalue weighted by Crippen LogP contribution is -2.32. The average Bonchev–Trinajstić information content (AvgIpc) is 2.72. The van der Waals surface area contributed by atoms with Gasteiger partial charge in [0.15, 0.2) is 0 Å². The molecule has 0 saturated carbocycles. The van der Waals surface area contributed by atoms with Gasteiger partial charge in [-0.15, -0.1) is 0 Å². The van der Waals surface area contributed by atoms with Crippen LogP contribution >= 0.6 is 11.6 Å². The SMILES string of the molecule is CC1C(=O)NN=C1C(=O)N/N=C\c1ccccc1Cl. The Morgan fingerprint density at radius 3 is 2.89 bits per heavy atom. The van der Waals surface area contributed by atoms with Crippen LogP contribution in [0.1, 0.15) is 12.5 Å². The first-order chi connectivity index (χ1) is 9.09. The Labute approximate surface area is 114 Å². The number of hydrogen-bond donors (Lipinski definition) is 2. The lowest BCUT2D eigenvalue weighted by atomic mass is 10.1. The number of hydrazone groups is 2. The number of rotatable bonds is 3. The largest absolute Gasteiger partial charge is 0.288 e. The molecule has 2 rings (SSSR count). The van der Waals surface area contributed by atoms with Gasteiger partial charge in [-0.3, -0.25) is 9.59 Å². The van der Waals surface area contributed by atoms with Crippen LogP contribution in [-0.4, -0.2) is 23.7 Å². The normalized spacial score (nSPS) is 18.3. The highest BCUT2D eigenvalue weighted by atomic mass is 35.5. The quantitative estimate of drug-likeness (QED) is 0.636. The molecule has 0 bridgehead atoms. The molecule has 2 amide bonds. The van der Waals surface area contributed by atoms with Crippen LogP contribution in [0.5, 0.6) is 0 Å². The number of hydrogen-bond acceptors (Lipinski definition) is 4. The molecule has 0 aromatic heterocycles. The lowest BCUT2D eigenvalue weighted by Gasteiger charge is -2.02. The van der Waals surface area contributed by atoms with Crippen LogP contribution in [0.15, 0.2) is 34.5 Å². The lowest BCUT2D eigenvalue weighted by molar-refractivity contribution is -0.122. The molecule has 7 heteroatoms. The standard InChI is InChI=1S/C12H11ClN4O2/c1-7-10(15-17-11(7)18)12(19)16-14-6-8-4-2-3-5-9(8)13/h2-7H,1H3,(H,16,19)(H,17,18)/b14-6-. The molecule has 19 heavy (non-hydrogen) atoms. The predicted octanol–water partition coefficient (Wildman–Crippen LogP) is 0.912. The molecule has 1 atom stereocenters. The van der Waals surface area contributed by atoms with Gasteiger partial charge in [0.2, 0.25) is 5.91 Å². The zero-order valence-corrected chi connectivity index (χ0v) is 10.8. The van der Waals surface area contributed by atoms with Gasteiger partial charge >= 0.3 is 0 Å². The Morgan fingerprint density at radius 2 is 2.26 bits per heavy atom. The summed E-state index contributed by atoms with van der Waals surface area (Å²) in [6.45, 7) is 1.60. The summed E-state index contributed by atoms with van der Waals surface area (Å²) >= 11 is 5.93. The summed E-state index contributed by atoms with van der Waals surface area (Å²) < 4.78 is 0. The van der Waals surface area contributed by atoms with Crippen LogP contribution < -0.4 is 10.9 Å². The van der Waals surface area contributed by atoms with Gasteiger partial charge in [0.05, 0.1) is 12.1 Å². The van der Waals surface area contributed by atoms with Crippen LogP contribution in [0, 0.1) is 5.92 Å². The molecule has 1 aromatic carbocycles. The summed E-state index contributed by atoms with van der Waals surface area (Å²) in [5.74, 6) is -1.40. The minimum absolute atomic E-state index is 0.112. The van der Waals surface area contributed by atoms with Crippen LogP contribution in [0.3, 0.4) is 0 Å². The minimum Gasteiger partial charge on any atom is -0.272 e.